The van der Waals surface area contributed by atoms with Gasteiger partial charge in [0.1, 0.15) is 17.4 Å². The molecule has 2 aromatic heterocycles. The van der Waals surface area contributed by atoms with E-state index in [1.54, 1.807) is 23.2 Å². The molecule has 1 N–H and O–H groups in total. The van der Waals surface area contributed by atoms with Crippen LogP contribution in [0.1, 0.15) is 54.7 Å². The molecule has 5 rings (SSSR count). The molecule has 0 saturated carbocycles. The summed E-state index contributed by atoms with van der Waals surface area (Å²) in [5.41, 5.74) is 2.54. The first-order valence-electron chi connectivity index (χ1n) is 13.7. The SMILES string of the molecule is C=CC(=O)N1CCCC[C@@H](n2c(NC(=O)c3ccnc(C)c3)nc3cccc(O[C@@H]4CCS(=O)(=O)CC4C)c32)C1. The number of nitrogens with one attached hydrogen (secondary N) is 1. The summed E-state index contributed by atoms with van der Waals surface area (Å²) in [4.78, 5) is 36.7. The highest BCUT2D eigenvalue weighted by Gasteiger charge is 2.33. The number of nitrogens with zero attached hydrogens (tertiary/aromatic N) is 4. The Balaban J connectivity index is 1.58. The van der Waals surface area contributed by atoms with Crippen molar-refractivity contribution in [1.29, 1.82) is 0 Å². The molecule has 4 heterocycles. The Labute approximate surface area is 234 Å². The summed E-state index contributed by atoms with van der Waals surface area (Å²) >= 11 is 0. The van der Waals surface area contributed by atoms with Crippen LogP contribution in [0.3, 0.4) is 0 Å². The maximum absolute atomic E-state index is 13.3. The molecule has 40 heavy (non-hydrogen) atoms. The van der Waals surface area contributed by atoms with Crippen LogP contribution in [0.2, 0.25) is 0 Å². The molecule has 0 aliphatic carbocycles. The van der Waals surface area contributed by atoms with Crippen molar-refractivity contribution < 1.29 is 22.7 Å². The highest BCUT2D eigenvalue weighted by atomic mass is 32.2. The lowest BCUT2D eigenvalue weighted by Crippen LogP contribution is -2.38. The van der Waals surface area contributed by atoms with Crippen molar-refractivity contribution in [3.8, 4) is 5.75 Å². The summed E-state index contributed by atoms with van der Waals surface area (Å²) < 4.78 is 32.8. The number of carbonyl (C=O) groups is 2. The molecule has 0 bridgehead atoms. The van der Waals surface area contributed by atoms with Crippen molar-refractivity contribution in [2.45, 2.75) is 51.7 Å². The van der Waals surface area contributed by atoms with Crippen LogP contribution in [0.5, 0.6) is 5.75 Å². The van der Waals surface area contributed by atoms with Gasteiger partial charge in [-0.25, -0.2) is 13.4 Å². The monoisotopic (exact) mass is 565 g/mol. The van der Waals surface area contributed by atoms with Crippen LogP contribution in [0, 0.1) is 12.8 Å². The van der Waals surface area contributed by atoms with Crippen LogP contribution in [0.25, 0.3) is 11.0 Å². The molecule has 2 saturated heterocycles. The Kier molecular flexibility index (Phi) is 7.93. The number of ether oxygens (including phenoxy) is 1. The number of aryl methyl sites for hydroxylation is 1. The first-order chi connectivity index (χ1) is 19.1. The third-order valence-electron chi connectivity index (χ3n) is 7.70. The number of aromatic nitrogens is 3. The molecule has 2 amide bonds. The number of sulfone groups is 1. The molecule has 0 spiro atoms. The number of hydrogen-bond donors (Lipinski definition) is 1. The van der Waals surface area contributed by atoms with Crippen LogP contribution in [0.4, 0.5) is 5.95 Å². The van der Waals surface area contributed by atoms with E-state index in [2.05, 4.69) is 16.9 Å². The average molecular weight is 566 g/mol. The first-order valence-corrected chi connectivity index (χ1v) is 15.5. The summed E-state index contributed by atoms with van der Waals surface area (Å²) in [5.74, 6) is 0.491. The first kappa shape index (κ1) is 27.8. The molecule has 10 nitrogen and oxygen atoms in total. The zero-order chi connectivity index (χ0) is 28.4. The van der Waals surface area contributed by atoms with Crippen molar-refractivity contribution in [1.82, 2.24) is 19.4 Å². The molecule has 0 radical (unpaired) electrons. The molecule has 3 aromatic rings. The third kappa shape index (κ3) is 5.89. The maximum Gasteiger partial charge on any atom is 0.258 e. The molecule has 2 aliphatic rings. The number of anilines is 1. The molecular weight excluding hydrogens is 530 g/mol. The van der Waals surface area contributed by atoms with Gasteiger partial charge < -0.3 is 14.2 Å². The number of hydrogen-bond acceptors (Lipinski definition) is 7. The lowest BCUT2D eigenvalue weighted by Gasteiger charge is -2.30. The standard InChI is InChI=1S/C29H35N5O5S/c1-4-26(35)33-14-6-5-8-22(17-33)34-27-23(31-29(34)32-28(36)21-11-13-30-20(3)16-21)9-7-10-25(27)39-24-12-15-40(37,38)18-19(24)2/h4,7,9-11,13,16,19,22,24H,1,5-6,8,12,14-15,17-18H2,2-3H3,(H,31,32,36)/t19?,22-,24-/m1/s1. The van der Waals surface area contributed by atoms with E-state index in [0.29, 0.717) is 47.8 Å². The van der Waals surface area contributed by atoms with Crippen molar-refractivity contribution in [2.24, 2.45) is 5.92 Å². The van der Waals surface area contributed by atoms with Crippen LogP contribution in [-0.2, 0) is 14.6 Å². The van der Waals surface area contributed by atoms with E-state index in [9.17, 15) is 18.0 Å². The number of benzene rings is 1. The Morgan fingerprint density at radius 2 is 2.02 bits per heavy atom. The van der Waals surface area contributed by atoms with Gasteiger partial charge in [0.05, 0.1) is 23.1 Å². The second kappa shape index (κ2) is 11.4. The molecule has 11 heteroatoms. The zero-order valence-corrected chi connectivity index (χ0v) is 23.7. The van der Waals surface area contributed by atoms with E-state index in [-0.39, 0.29) is 41.4 Å². The summed E-state index contributed by atoms with van der Waals surface area (Å²) in [6, 6.07) is 8.75. The largest absolute Gasteiger partial charge is 0.488 e. The van der Waals surface area contributed by atoms with Crippen molar-refractivity contribution in [3.63, 3.8) is 0 Å². The summed E-state index contributed by atoms with van der Waals surface area (Å²) in [6.07, 6.45) is 5.58. The molecule has 1 unspecified atom stereocenters. The zero-order valence-electron chi connectivity index (χ0n) is 22.9. The Morgan fingerprint density at radius 1 is 1.20 bits per heavy atom. The summed E-state index contributed by atoms with van der Waals surface area (Å²) in [6.45, 7) is 8.44. The Hall–Kier alpha value is -3.73. The number of carbonyl (C=O) groups excluding carboxylic acids is 2. The lowest BCUT2D eigenvalue weighted by molar-refractivity contribution is -0.126. The van der Waals surface area contributed by atoms with Crippen LogP contribution < -0.4 is 10.1 Å². The molecule has 2 fully saturated rings. The fraction of sp³-hybridized carbons (Fsp3) is 0.448. The molecule has 212 valence electrons. The van der Waals surface area contributed by atoms with Gasteiger partial charge in [-0.2, -0.15) is 0 Å². The van der Waals surface area contributed by atoms with E-state index in [1.807, 2.05) is 36.6 Å². The van der Waals surface area contributed by atoms with Crippen LogP contribution >= 0.6 is 0 Å². The maximum atomic E-state index is 13.3. The van der Waals surface area contributed by atoms with Crippen LogP contribution in [-0.4, -0.2) is 70.4 Å². The molecule has 3 atom stereocenters. The topological polar surface area (TPSA) is 123 Å². The van der Waals surface area contributed by atoms with Gasteiger partial charge in [-0.15, -0.1) is 0 Å². The summed E-state index contributed by atoms with van der Waals surface area (Å²) in [7, 11) is -3.08. The summed E-state index contributed by atoms with van der Waals surface area (Å²) in [5, 5.41) is 3.00. The van der Waals surface area contributed by atoms with E-state index in [1.165, 1.54) is 6.08 Å². The van der Waals surface area contributed by atoms with E-state index >= 15 is 0 Å². The smallest absolute Gasteiger partial charge is 0.258 e. The molecule has 2 aliphatic heterocycles. The van der Waals surface area contributed by atoms with Crippen molar-refractivity contribution >= 4 is 38.6 Å². The van der Waals surface area contributed by atoms with Crippen LogP contribution in [0.15, 0.2) is 49.2 Å². The second-order valence-corrected chi connectivity index (χ2v) is 13.0. The van der Waals surface area contributed by atoms with Gasteiger partial charge in [-0.3, -0.25) is 19.9 Å². The van der Waals surface area contributed by atoms with Crippen molar-refractivity contribution in [2.75, 3.05) is 29.9 Å². The highest BCUT2D eigenvalue weighted by molar-refractivity contribution is 7.91. The van der Waals surface area contributed by atoms with Crippen molar-refractivity contribution in [3.05, 3.63) is 60.4 Å². The fourth-order valence-electron chi connectivity index (χ4n) is 5.69. The van der Waals surface area contributed by atoms with E-state index in [4.69, 9.17) is 9.72 Å². The molecule has 1 aromatic carbocycles. The number of imidazole rings is 1. The fourth-order valence-corrected chi connectivity index (χ4v) is 7.46. The van der Waals surface area contributed by atoms with Gasteiger partial charge >= 0.3 is 0 Å². The Bertz CT molecular complexity index is 1550. The van der Waals surface area contributed by atoms with E-state index in [0.717, 1.165) is 25.0 Å². The minimum atomic E-state index is -3.08. The average Bonchev–Trinajstić information content (AvgIpc) is 3.10. The van der Waals surface area contributed by atoms with Gasteiger partial charge in [0.2, 0.25) is 11.9 Å². The van der Waals surface area contributed by atoms with Gasteiger partial charge in [0, 0.05) is 36.5 Å². The number of pyridine rings is 1. The van der Waals surface area contributed by atoms with Gasteiger partial charge in [-0.05, 0) is 62.9 Å². The second-order valence-electron chi connectivity index (χ2n) is 10.7. The number of amides is 2. The number of likely N-dealkylation sites (tertiary alicyclic amines) is 1. The normalized spacial score (nSPS) is 22.9. The third-order valence-corrected chi connectivity index (χ3v) is 9.59. The van der Waals surface area contributed by atoms with Gasteiger partial charge in [-0.1, -0.05) is 19.6 Å². The Morgan fingerprint density at radius 3 is 2.77 bits per heavy atom. The quantitative estimate of drug-likeness (QED) is 0.449. The predicted molar refractivity (Wildman–Crippen MR) is 153 cm³/mol. The predicted octanol–water partition coefficient (Wildman–Crippen LogP) is 3.93. The number of para-hydroxylation sites is 1. The number of fused-ring (bicyclic) bond motifs is 1. The van der Waals surface area contributed by atoms with Gasteiger partial charge in [0.25, 0.3) is 5.91 Å². The molecular formula is C29H35N5O5S. The minimum Gasteiger partial charge on any atom is -0.488 e. The minimum absolute atomic E-state index is 0.0841. The lowest BCUT2D eigenvalue weighted by atomic mass is 10.0. The highest BCUT2D eigenvalue weighted by Crippen LogP contribution is 2.37. The van der Waals surface area contributed by atoms with Gasteiger partial charge in [0.15, 0.2) is 9.84 Å². The van der Waals surface area contributed by atoms with E-state index < -0.39 is 9.84 Å². The number of rotatable bonds is 6.